The Morgan fingerprint density at radius 2 is 1.74 bits per heavy atom. The average molecular weight is 518 g/mol. The second-order valence-corrected chi connectivity index (χ2v) is 11.1. The van der Waals surface area contributed by atoms with Crippen LogP contribution in [0.3, 0.4) is 0 Å². The first-order valence-corrected chi connectivity index (χ1v) is 13.9. The SMILES string of the molecule is CSCCC(C(N)=O)[C@H](CCN1CC2CN(C(=O)c3c(F)cccc3Cl)CC2C1)c1ccccc1. The fraction of sp³-hybridized carbons (Fsp3) is 0.481. The van der Waals surface area contributed by atoms with Gasteiger partial charge in [-0.3, -0.25) is 9.59 Å². The molecule has 4 rings (SSSR count). The van der Waals surface area contributed by atoms with Gasteiger partial charge in [0.05, 0.1) is 10.6 Å². The third-order valence-corrected chi connectivity index (χ3v) is 8.45. The number of primary amides is 1. The third kappa shape index (κ3) is 6.01. The Bertz CT molecular complexity index is 1010. The lowest BCUT2D eigenvalue weighted by atomic mass is 9.81. The van der Waals surface area contributed by atoms with Crippen molar-refractivity contribution in [3.63, 3.8) is 0 Å². The number of amides is 2. The van der Waals surface area contributed by atoms with Crippen LogP contribution in [0, 0.1) is 23.6 Å². The van der Waals surface area contributed by atoms with Gasteiger partial charge in [0.15, 0.2) is 0 Å². The Kier molecular flexibility index (Phi) is 8.73. The van der Waals surface area contributed by atoms with Gasteiger partial charge in [0, 0.05) is 32.1 Å². The molecule has 2 amide bonds. The number of hydrogen-bond donors (Lipinski definition) is 1. The van der Waals surface area contributed by atoms with E-state index in [1.165, 1.54) is 12.1 Å². The lowest BCUT2D eigenvalue weighted by molar-refractivity contribution is -0.122. The zero-order valence-corrected chi connectivity index (χ0v) is 21.6. The van der Waals surface area contributed by atoms with Crippen LogP contribution in [0.2, 0.25) is 5.02 Å². The maximum Gasteiger partial charge on any atom is 0.258 e. The molecule has 8 heteroatoms. The summed E-state index contributed by atoms with van der Waals surface area (Å²) in [5.74, 6) is 0.405. The summed E-state index contributed by atoms with van der Waals surface area (Å²) < 4.78 is 14.2. The van der Waals surface area contributed by atoms with E-state index in [4.69, 9.17) is 17.3 Å². The van der Waals surface area contributed by atoms with Crippen molar-refractivity contribution in [3.05, 3.63) is 70.5 Å². The first-order chi connectivity index (χ1) is 16.9. The summed E-state index contributed by atoms with van der Waals surface area (Å²) in [6.07, 6.45) is 3.68. The van der Waals surface area contributed by atoms with Crippen molar-refractivity contribution in [2.24, 2.45) is 23.5 Å². The van der Waals surface area contributed by atoms with E-state index in [9.17, 15) is 14.0 Å². The maximum absolute atomic E-state index is 14.2. The molecule has 2 aromatic rings. The molecule has 2 fully saturated rings. The summed E-state index contributed by atoms with van der Waals surface area (Å²) in [4.78, 5) is 29.5. The molecule has 2 saturated heterocycles. The van der Waals surface area contributed by atoms with Crippen molar-refractivity contribution in [3.8, 4) is 0 Å². The highest BCUT2D eigenvalue weighted by Crippen LogP contribution is 2.36. The Morgan fingerprint density at radius 3 is 2.34 bits per heavy atom. The van der Waals surface area contributed by atoms with E-state index >= 15 is 0 Å². The van der Waals surface area contributed by atoms with Gasteiger partial charge < -0.3 is 15.5 Å². The molecule has 0 bridgehead atoms. The van der Waals surface area contributed by atoms with Crippen LogP contribution in [-0.2, 0) is 4.79 Å². The molecule has 2 aromatic carbocycles. The zero-order chi connectivity index (χ0) is 24.9. The maximum atomic E-state index is 14.2. The van der Waals surface area contributed by atoms with E-state index in [-0.39, 0.29) is 34.2 Å². The van der Waals surface area contributed by atoms with Crippen LogP contribution >= 0.6 is 23.4 Å². The van der Waals surface area contributed by atoms with Crippen molar-refractivity contribution in [1.82, 2.24) is 9.80 Å². The Labute approximate surface area is 216 Å². The minimum Gasteiger partial charge on any atom is -0.369 e. The second-order valence-electron chi connectivity index (χ2n) is 9.68. The van der Waals surface area contributed by atoms with Crippen LogP contribution in [0.4, 0.5) is 4.39 Å². The summed E-state index contributed by atoms with van der Waals surface area (Å²) in [6, 6.07) is 14.6. The van der Waals surface area contributed by atoms with E-state index in [1.54, 1.807) is 22.7 Å². The molecule has 5 nitrogen and oxygen atoms in total. The van der Waals surface area contributed by atoms with Gasteiger partial charge in [0.1, 0.15) is 5.82 Å². The fourth-order valence-electron chi connectivity index (χ4n) is 5.71. The molecule has 2 heterocycles. The van der Waals surface area contributed by atoms with Gasteiger partial charge >= 0.3 is 0 Å². The highest BCUT2D eigenvalue weighted by molar-refractivity contribution is 7.98. The number of benzene rings is 2. The van der Waals surface area contributed by atoms with E-state index < -0.39 is 5.82 Å². The van der Waals surface area contributed by atoms with E-state index in [0.717, 1.165) is 43.8 Å². The van der Waals surface area contributed by atoms with Gasteiger partial charge in [0.25, 0.3) is 5.91 Å². The number of rotatable bonds is 10. The normalized spacial score (nSPS) is 21.6. The minimum atomic E-state index is -0.571. The molecule has 0 spiro atoms. The number of halogens is 2. The van der Waals surface area contributed by atoms with Gasteiger partial charge in [-0.2, -0.15) is 11.8 Å². The lowest BCUT2D eigenvalue weighted by Crippen LogP contribution is -2.35. The van der Waals surface area contributed by atoms with Crippen LogP contribution < -0.4 is 5.73 Å². The number of carbonyl (C=O) groups is 2. The average Bonchev–Trinajstić information content (AvgIpc) is 3.40. The van der Waals surface area contributed by atoms with E-state index in [1.807, 2.05) is 24.5 Å². The summed E-state index contributed by atoms with van der Waals surface area (Å²) in [5.41, 5.74) is 6.99. The second kappa shape index (κ2) is 11.8. The minimum absolute atomic E-state index is 0.0283. The number of carbonyl (C=O) groups excluding carboxylic acids is 2. The van der Waals surface area contributed by atoms with Crippen LogP contribution in [-0.4, -0.2) is 66.3 Å². The first-order valence-electron chi connectivity index (χ1n) is 12.2. The molecule has 2 aliphatic heterocycles. The topological polar surface area (TPSA) is 66.6 Å². The predicted octanol–water partition coefficient (Wildman–Crippen LogP) is 4.51. The molecule has 4 atom stereocenters. The Morgan fingerprint density at radius 1 is 1.06 bits per heavy atom. The molecule has 2 aliphatic rings. The van der Waals surface area contributed by atoms with Crippen molar-refractivity contribution < 1.29 is 14.0 Å². The molecule has 0 saturated carbocycles. The Hall–Kier alpha value is -2.09. The van der Waals surface area contributed by atoms with Crippen molar-refractivity contribution in [2.45, 2.75) is 18.8 Å². The number of likely N-dealkylation sites (tertiary alicyclic amines) is 2. The van der Waals surface area contributed by atoms with E-state index in [0.29, 0.717) is 24.9 Å². The van der Waals surface area contributed by atoms with Crippen molar-refractivity contribution in [2.75, 3.05) is 44.7 Å². The number of fused-ring (bicyclic) bond motifs is 1. The third-order valence-electron chi connectivity index (χ3n) is 7.49. The number of hydrogen-bond acceptors (Lipinski definition) is 4. The first kappa shape index (κ1) is 26.0. The van der Waals surface area contributed by atoms with Crippen molar-refractivity contribution in [1.29, 1.82) is 0 Å². The van der Waals surface area contributed by atoms with Gasteiger partial charge in [-0.15, -0.1) is 0 Å². The molecule has 2 N–H and O–H groups in total. The summed E-state index contributed by atoms with van der Waals surface area (Å²) in [6.45, 7) is 3.90. The van der Waals surface area contributed by atoms with Gasteiger partial charge in [0.2, 0.25) is 5.91 Å². The van der Waals surface area contributed by atoms with Crippen molar-refractivity contribution >= 4 is 35.2 Å². The van der Waals surface area contributed by atoms with Gasteiger partial charge in [-0.1, -0.05) is 48.0 Å². The van der Waals surface area contributed by atoms with Gasteiger partial charge in [-0.05, 0) is 66.8 Å². The monoisotopic (exact) mass is 517 g/mol. The molecular weight excluding hydrogens is 485 g/mol. The molecule has 3 unspecified atom stereocenters. The number of thioether (sulfide) groups is 1. The van der Waals surface area contributed by atoms with Crippen LogP contribution in [0.15, 0.2) is 48.5 Å². The van der Waals surface area contributed by atoms with Gasteiger partial charge in [-0.25, -0.2) is 4.39 Å². The zero-order valence-electron chi connectivity index (χ0n) is 20.0. The smallest absolute Gasteiger partial charge is 0.258 e. The molecule has 0 aromatic heterocycles. The Balaban J connectivity index is 1.37. The highest BCUT2D eigenvalue weighted by Gasteiger charge is 2.42. The highest BCUT2D eigenvalue weighted by atomic mass is 35.5. The largest absolute Gasteiger partial charge is 0.369 e. The molecule has 0 radical (unpaired) electrons. The standard InChI is InChI=1S/C27H33ClFN3O2S/c1-35-13-11-22(26(30)33)21(18-6-3-2-4-7-18)10-12-31-14-19-16-32(17-20(19)15-31)27(34)25-23(28)8-5-9-24(25)29/h2-9,19-22H,10-17H2,1H3,(H2,30,33)/t19?,20?,21-,22?/m1/s1. The molecule has 35 heavy (non-hydrogen) atoms. The quantitative estimate of drug-likeness (QED) is 0.503. The van der Waals surface area contributed by atoms with Crippen LogP contribution in [0.1, 0.15) is 34.7 Å². The predicted molar refractivity (Wildman–Crippen MR) is 140 cm³/mol. The van der Waals surface area contributed by atoms with E-state index in [2.05, 4.69) is 17.0 Å². The summed E-state index contributed by atoms with van der Waals surface area (Å²) >= 11 is 7.85. The molecular formula is C27H33ClFN3O2S. The fourth-order valence-corrected chi connectivity index (χ4v) is 6.44. The summed E-state index contributed by atoms with van der Waals surface area (Å²) in [7, 11) is 0. The lowest BCUT2D eigenvalue weighted by Gasteiger charge is -2.28. The summed E-state index contributed by atoms with van der Waals surface area (Å²) in [5, 5.41) is 0.158. The number of nitrogens with zero attached hydrogens (tertiary/aromatic N) is 2. The van der Waals surface area contributed by atoms with Crippen LogP contribution in [0.5, 0.6) is 0 Å². The van der Waals surface area contributed by atoms with Crippen LogP contribution in [0.25, 0.3) is 0 Å². The number of nitrogens with two attached hydrogens (primary N) is 1. The molecule has 188 valence electrons. The molecule has 0 aliphatic carbocycles.